The van der Waals surface area contributed by atoms with Crippen molar-refractivity contribution in [3.8, 4) is 0 Å². The molecule has 0 bridgehead atoms. The molecule has 0 aliphatic rings. The quantitative estimate of drug-likeness (QED) is 0.333. The molecule has 0 radical (unpaired) electrons. The summed E-state index contributed by atoms with van der Waals surface area (Å²) in [5.74, 6) is -3.25. The maximum Gasteiger partial charge on any atom is 3.00 e. The van der Waals surface area contributed by atoms with Crippen LogP contribution in [0.4, 0.5) is 0 Å². The maximum absolute atomic E-state index is 8.89. The molecule has 0 aromatic heterocycles. The molecular formula is C7H11AlO8. The molecule has 0 aliphatic carbocycles. The number of rotatable bonds is 0. The number of carbonyl (C=O) groups is 4. The summed E-state index contributed by atoms with van der Waals surface area (Å²) in [7, 11) is 0. The third kappa shape index (κ3) is 641. The fraction of sp³-hybridized carbons (Fsp3) is 0.429. The first kappa shape index (κ1) is 29.3. The van der Waals surface area contributed by atoms with Gasteiger partial charge in [-0.1, -0.05) is 0 Å². The van der Waals surface area contributed by atoms with Crippen molar-refractivity contribution in [1.29, 1.82) is 0 Å². The summed E-state index contributed by atoms with van der Waals surface area (Å²) in [4.78, 5) is 35.0. The SMILES string of the molecule is CC(=O)[O-].CC(=O)[O-].CC(=O)[O-].O=CO.[Al+3]. The Morgan fingerprint density at radius 3 is 0.875 bits per heavy atom. The van der Waals surface area contributed by atoms with E-state index in [2.05, 4.69) is 0 Å². The Labute approximate surface area is 103 Å². The Kier molecular flexibility index (Phi) is 53.4. The molecule has 0 unspecified atom stereocenters. The van der Waals surface area contributed by atoms with Gasteiger partial charge in [0.15, 0.2) is 0 Å². The molecular weight excluding hydrogens is 239 g/mol. The van der Waals surface area contributed by atoms with E-state index in [4.69, 9.17) is 39.6 Å². The van der Waals surface area contributed by atoms with E-state index < -0.39 is 17.9 Å². The zero-order valence-electron chi connectivity index (χ0n) is 8.96. The monoisotopic (exact) mass is 250 g/mol. The van der Waals surface area contributed by atoms with Gasteiger partial charge in [0.05, 0.1) is 0 Å². The van der Waals surface area contributed by atoms with Gasteiger partial charge in [-0.3, -0.25) is 4.79 Å². The van der Waals surface area contributed by atoms with E-state index in [-0.39, 0.29) is 23.8 Å². The van der Waals surface area contributed by atoms with E-state index >= 15 is 0 Å². The van der Waals surface area contributed by atoms with Crippen LogP contribution in [0.2, 0.25) is 0 Å². The number of carbonyl (C=O) groups excluding carboxylic acids is 3. The number of carboxylic acids is 3. The molecule has 0 saturated carbocycles. The second-order valence-corrected chi connectivity index (χ2v) is 1.58. The third-order valence-corrected chi connectivity index (χ3v) is 0. The molecule has 0 aromatic rings. The van der Waals surface area contributed by atoms with Gasteiger partial charge in [0, 0.05) is 17.9 Å². The van der Waals surface area contributed by atoms with Crippen molar-refractivity contribution in [3.05, 3.63) is 0 Å². The first-order valence-corrected chi connectivity index (χ1v) is 3.22. The molecule has 0 saturated heterocycles. The molecule has 8 nitrogen and oxygen atoms in total. The van der Waals surface area contributed by atoms with Crippen molar-refractivity contribution in [2.75, 3.05) is 0 Å². The van der Waals surface area contributed by atoms with Gasteiger partial charge < -0.3 is 34.8 Å². The molecule has 16 heavy (non-hydrogen) atoms. The number of hydrogen-bond acceptors (Lipinski definition) is 7. The third-order valence-electron chi connectivity index (χ3n) is 0. The number of aliphatic carboxylic acids is 3. The van der Waals surface area contributed by atoms with Gasteiger partial charge in [-0.2, -0.15) is 0 Å². The standard InChI is InChI=1S/3C2H4O2.CH2O2.Al/c3*1-2(3)4;2-1-3;/h3*1H3,(H,3,4);1H,(H,2,3);/q;;;;+3/p-3. The molecule has 0 fully saturated rings. The summed E-state index contributed by atoms with van der Waals surface area (Å²) in [6.45, 7) is 2.67. The van der Waals surface area contributed by atoms with Crippen LogP contribution in [0.15, 0.2) is 0 Å². The predicted molar refractivity (Wildman–Crippen MR) is 46.5 cm³/mol. The minimum absolute atomic E-state index is 0. The van der Waals surface area contributed by atoms with Crippen LogP contribution in [0.25, 0.3) is 0 Å². The average Bonchev–Trinajstić information content (AvgIpc) is 1.81. The smallest absolute Gasteiger partial charge is 0.550 e. The van der Waals surface area contributed by atoms with E-state index in [1.54, 1.807) is 0 Å². The zero-order chi connectivity index (χ0) is 13.4. The van der Waals surface area contributed by atoms with Gasteiger partial charge in [-0.05, 0) is 20.8 Å². The number of carboxylic acid groups (broad SMARTS) is 4. The summed E-state index contributed by atoms with van der Waals surface area (Å²) < 4.78 is 0. The summed E-state index contributed by atoms with van der Waals surface area (Å²) in [6.07, 6.45) is 0. The van der Waals surface area contributed by atoms with E-state index in [0.717, 1.165) is 20.8 Å². The van der Waals surface area contributed by atoms with E-state index in [9.17, 15) is 0 Å². The second-order valence-electron chi connectivity index (χ2n) is 1.58. The van der Waals surface area contributed by atoms with E-state index in [1.807, 2.05) is 0 Å². The van der Waals surface area contributed by atoms with Gasteiger partial charge in [-0.25, -0.2) is 0 Å². The Bertz CT molecular complexity index is 150. The van der Waals surface area contributed by atoms with Gasteiger partial charge in [-0.15, -0.1) is 0 Å². The van der Waals surface area contributed by atoms with Crippen LogP contribution in [0.5, 0.6) is 0 Å². The molecule has 1 N–H and O–H groups in total. The van der Waals surface area contributed by atoms with Gasteiger partial charge in [0.1, 0.15) is 0 Å². The topological polar surface area (TPSA) is 158 Å². The summed E-state index contributed by atoms with van der Waals surface area (Å²) in [6, 6.07) is 0. The minimum atomic E-state index is -1.08. The molecule has 0 heterocycles. The van der Waals surface area contributed by atoms with Crippen LogP contribution < -0.4 is 15.3 Å². The Hall–Kier alpha value is -1.59. The summed E-state index contributed by atoms with van der Waals surface area (Å²) >= 11 is 0. The van der Waals surface area contributed by atoms with Crippen molar-refractivity contribution in [2.24, 2.45) is 0 Å². The second kappa shape index (κ2) is 29.2. The van der Waals surface area contributed by atoms with Crippen molar-refractivity contribution in [2.45, 2.75) is 20.8 Å². The molecule has 90 valence electrons. The largest absolute Gasteiger partial charge is 3.00 e. The Morgan fingerprint density at radius 1 is 0.875 bits per heavy atom. The maximum atomic E-state index is 8.89. The molecule has 9 heteroatoms. The zero-order valence-corrected chi connectivity index (χ0v) is 10.1. The van der Waals surface area contributed by atoms with Gasteiger partial charge in [0.25, 0.3) is 6.47 Å². The van der Waals surface area contributed by atoms with Gasteiger partial charge in [0.2, 0.25) is 0 Å². The molecule has 0 amide bonds. The van der Waals surface area contributed by atoms with Crippen LogP contribution in [0.1, 0.15) is 20.8 Å². The normalized spacial score (nSPS) is 5.44. The molecule has 0 rings (SSSR count). The predicted octanol–water partition coefficient (Wildman–Crippen LogP) is -4.41. The Morgan fingerprint density at radius 2 is 0.875 bits per heavy atom. The summed E-state index contributed by atoms with van der Waals surface area (Å²) in [5.41, 5.74) is 0. The average molecular weight is 250 g/mol. The van der Waals surface area contributed by atoms with E-state index in [0.29, 0.717) is 0 Å². The summed E-state index contributed by atoms with van der Waals surface area (Å²) in [5, 5.41) is 33.6. The van der Waals surface area contributed by atoms with Crippen LogP contribution in [0.3, 0.4) is 0 Å². The number of hydrogen-bond donors (Lipinski definition) is 1. The molecule has 0 aromatic carbocycles. The van der Waals surface area contributed by atoms with Crippen LogP contribution in [-0.2, 0) is 19.2 Å². The van der Waals surface area contributed by atoms with Crippen molar-refractivity contribution >= 4 is 41.7 Å². The van der Waals surface area contributed by atoms with Crippen molar-refractivity contribution < 1.29 is 39.6 Å². The first-order chi connectivity index (χ1) is 6.61. The van der Waals surface area contributed by atoms with Crippen molar-refractivity contribution in [3.63, 3.8) is 0 Å². The fourth-order valence-corrected chi connectivity index (χ4v) is 0. The van der Waals surface area contributed by atoms with Crippen molar-refractivity contribution in [1.82, 2.24) is 0 Å². The fourth-order valence-electron chi connectivity index (χ4n) is 0. The van der Waals surface area contributed by atoms with Crippen LogP contribution >= 0.6 is 0 Å². The van der Waals surface area contributed by atoms with E-state index in [1.165, 1.54) is 0 Å². The first-order valence-electron chi connectivity index (χ1n) is 3.22. The Balaban J connectivity index is -0.0000000331. The minimum Gasteiger partial charge on any atom is -0.550 e. The molecule has 0 aliphatic heterocycles. The van der Waals surface area contributed by atoms with Crippen LogP contribution in [-0.4, -0.2) is 46.8 Å². The van der Waals surface area contributed by atoms with Crippen LogP contribution in [0, 0.1) is 0 Å². The molecule has 0 spiro atoms. The molecule has 0 atom stereocenters. The van der Waals surface area contributed by atoms with Gasteiger partial charge >= 0.3 is 17.4 Å².